The van der Waals surface area contributed by atoms with E-state index < -0.39 is 7.59 Å². The molecular formula is C24H28N3O2P. The molecule has 0 atom stereocenters. The van der Waals surface area contributed by atoms with Gasteiger partial charge in [-0.1, -0.05) is 91.0 Å². The predicted octanol–water partition coefficient (Wildman–Crippen LogP) is 4.72. The van der Waals surface area contributed by atoms with Gasteiger partial charge >= 0.3 is 7.59 Å². The molecule has 0 saturated heterocycles. The molecule has 3 aromatic carbocycles. The summed E-state index contributed by atoms with van der Waals surface area (Å²) >= 11 is 0. The summed E-state index contributed by atoms with van der Waals surface area (Å²) in [6, 6.07) is 29.2. The maximum Gasteiger partial charge on any atom is 0.310 e. The predicted molar refractivity (Wildman–Crippen MR) is 122 cm³/mol. The van der Waals surface area contributed by atoms with Crippen LogP contribution in [0.2, 0.25) is 0 Å². The van der Waals surface area contributed by atoms with Crippen molar-refractivity contribution < 1.29 is 9.36 Å². The van der Waals surface area contributed by atoms with Gasteiger partial charge in [-0.2, -0.15) is 0 Å². The van der Waals surface area contributed by atoms with Crippen LogP contribution in [0.15, 0.2) is 91.0 Å². The lowest BCUT2D eigenvalue weighted by atomic mass is 10.1. The summed E-state index contributed by atoms with van der Waals surface area (Å²) in [6.45, 7) is 0.922. The lowest BCUT2D eigenvalue weighted by molar-refractivity contribution is -0.118. The van der Waals surface area contributed by atoms with Crippen molar-refractivity contribution in [3.8, 4) is 0 Å². The Kier molecular flexibility index (Phi) is 7.58. The summed E-state index contributed by atoms with van der Waals surface area (Å²) in [4.78, 5) is 12.8. The third-order valence-electron chi connectivity index (χ3n) is 4.91. The van der Waals surface area contributed by atoms with Crippen LogP contribution >= 0.6 is 7.59 Å². The van der Waals surface area contributed by atoms with Gasteiger partial charge in [0.2, 0.25) is 5.91 Å². The highest BCUT2D eigenvalue weighted by Gasteiger charge is 2.34. The molecule has 1 N–H and O–H groups in total. The van der Waals surface area contributed by atoms with Crippen LogP contribution in [0.25, 0.3) is 0 Å². The second kappa shape index (κ2) is 10.4. The zero-order valence-corrected chi connectivity index (χ0v) is 18.3. The molecule has 0 aliphatic heterocycles. The Morgan fingerprint density at radius 2 is 1.07 bits per heavy atom. The molecule has 0 spiro atoms. The quantitative estimate of drug-likeness (QED) is 0.508. The molecule has 3 rings (SSSR count). The van der Waals surface area contributed by atoms with Crippen LogP contribution in [0.4, 0.5) is 0 Å². The van der Waals surface area contributed by atoms with Gasteiger partial charge in [0.25, 0.3) is 0 Å². The van der Waals surface area contributed by atoms with Gasteiger partial charge in [-0.3, -0.25) is 14.4 Å². The molecule has 1 amide bonds. The highest BCUT2D eigenvalue weighted by atomic mass is 31.2. The van der Waals surface area contributed by atoms with Crippen LogP contribution in [-0.2, 0) is 28.9 Å². The minimum absolute atomic E-state index is 0.184. The maximum absolute atomic E-state index is 14.1. The van der Waals surface area contributed by atoms with Gasteiger partial charge in [0.15, 0.2) is 0 Å². The Bertz CT molecular complexity index is 930. The lowest BCUT2D eigenvalue weighted by Crippen LogP contribution is -2.38. The molecule has 156 valence electrons. The number of benzene rings is 3. The zero-order valence-electron chi connectivity index (χ0n) is 17.4. The number of carbonyl (C=O) groups is 1. The van der Waals surface area contributed by atoms with Crippen LogP contribution in [0.5, 0.6) is 0 Å². The molecule has 0 unspecified atom stereocenters. The molecule has 0 heterocycles. The second-order valence-electron chi connectivity index (χ2n) is 7.34. The van der Waals surface area contributed by atoms with Crippen LogP contribution in [0, 0.1) is 0 Å². The summed E-state index contributed by atoms with van der Waals surface area (Å²) in [5, 5.41) is 2.85. The van der Waals surface area contributed by atoms with Gasteiger partial charge in [0.05, 0.1) is 6.42 Å². The van der Waals surface area contributed by atoms with Crippen LogP contribution in [0.3, 0.4) is 0 Å². The fourth-order valence-corrected chi connectivity index (χ4v) is 5.28. The van der Waals surface area contributed by atoms with Crippen molar-refractivity contribution in [1.29, 1.82) is 0 Å². The van der Waals surface area contributed by atoms with E-state index in [1.54, 1.807) is 23.4 Å². The lowest BCUT2D eigenvalue weighted by Gasteiger charge is -2.35. The van der Waals surface area contributed by atoms with E-state index in [1.165, 1.54) is 0 Å². The summed E-state index contributed by atoms with van der Waals surface area (Å²) in [5.41, 5.74) is 2.95. The fraction of sp³-hybridized carbons (Fsp3) is 0.208. The molecule has 0 aliphatic rings. The average molecular weight is 421 g/mol. The van der Waals surface area contributed by atoms with E-state index in [-0.39, 0.29) is 12.3 Å². The minimum Gasteiger partial charge on any atom is -0.282 e. The third-order valence-corrected chi connectivity index (χ3v) is 7.59. The van der Waals surface area contributed by atoms with Crippen molar-refractivity contribution in [2.75, 3.05) is 14.1 Å². The minimum atomic E-state index is -3.36. The summed E-state index contributed by atoms with van der Waals surface area (Å²) in [6.07, 6.45) is 0.184. The van der Waals surface area contributed by atoms with Crippen LogP contribution < -0.4 is 5.09 Å². The standard InChI is InChI=1S/C24H28N3O2P/c1-26(19-22-14-8-4-9-15-22)30(29,27(2)20-23-16-10-5-11-17-23)25-24(28)18-21-12-6-3-7-13-21/h3-17H,18-20H2,1-2H3,(H,25,28,29). The van der Waals surface area contributed by atoms with Crippen molar-refractivity contribution in [3.05, 3.63) is 108 Å². The number of carbonyl (C=O) groups excluding carboxylic acids is 1. The smallest absolute Gasteiger partial charge is 0.282 e. The zero-order chi connectivity index (χ0) is 21.4. The molecular weight excluding hydrogens is 393 g/mol. The highest BCUT2D eigenvalue weighted by molar-refractivity contribution is 7.57. The number of nitrogens with one attached hydrogen (secondary N) is 1. The number of rotatable bonds is 9. The first-order valence-corrected chi connectivity index (χ1v) is 11.5. The second-order valence-corrected chi connectivity index (χ2v) is 10.0. The van der Waals surface area contributed by atoms with Gasteiger partial charge in [0, 0.05) is 13.1 Å². The largest absolute Gasteiger partial charge is 0.310 e. The molecule has 6 heteroatoms. The van der Waals surface area contributed by atoms with Crippen LogP contribution in [0.1, 0.15) is 16.7 Å². The van der Waals surface area contributed by atoms with E-state index >= 15 is 0 Å². The Labute approximate surface area is 178 Å². The summed E-state index contributed by atoms with van der Waals surface area (Å²) < 4.78 is 17.6. The first-order chi connectivity index (χ1) is 14.5. The molecule has 0 fully saturated rings. The molecule has 0 bridgehead atoms. The van der Waals surface area contributed by atoms with Crippen molar-refractivity contribution >= 4 is 13.5 Å². The normalized spacial score (nSPS) is 11.6. The molecule has 0 radical (unpaired) electrons. The molecule has 30 heavy (non-hydrogen) atoms. The topological polar surface area (TPSA) is 52.7 Å². The van der Waals surface area contributed by atoms with Gasteiger partial charge in [0.1, 0.15) is 0 Å². The third kappa shape index (κ3) is 5.90. The van der Waals surface area contributed by atoms with Gasteiger partial charge in [-0.25, -0.2) is 9.34 Å². The Hall–Kier alpha value is -2.72. The maximum atomic E-state index is 14.1. The molecule has 5 nitrogen and oxygen atoms in total. The van der Waals surface area contributed by atoms with E-state index in [0.29, 0.717) is 13.1 Å². The molecule has 0 saturated carbocycles. The number of hydrogen-bond donors (Lipinski definition) is 1. The van der Waals surface area contributed by atoms with Crippen LogP contribution in [-0.4, -0.2) is 29.3 Å². The summed E-state index contributed by atoms with van der Waals surface area (Å²) in [5.74, 6) is -0.260. The van der Waals surface area contributed by atoms with Gasteiger partial charge in [-0.15, -0.1) is 0 Å². The van der Waals surface area contributed by atoms with Crippen molar-refractivity contribution in [1.82, 2.24) is 14.4 Å². The monoisotopic (exact) mass is 421 g/mol. The number of amides is 1. The Balaban J connectivity index is 1.80. The SMILES string of the molecule is CN(Cc1ccccc1)P(=O)(NC(=O)Cc1ccccc1)N(C)Cc1ccccc1. The number of hydrogen-bond acceptors (Lipinski definition) is 2. The fourth-order valence-electron chi connectivity index (χ4n) is 3.30. The van der Waals surface area contributed by atoms with Crippen molar-refractivity contribution in [2.24, 2.45) is 0 Å². The Morgan fingerprint density at radius 3 is 1.47 bits per heavy atom. The average Bonchev–Trinajstić information content (AvgIpc) is 2.75. The van der Waals surface area contributed by atoms with E-state index in [4.69, 9.17) is 0 Å². The van der Waals surface area contributed by atoms with Gasteiger partial charge < -0.3 is 0 Å². The summed E-state index contributed by atoms with van der Waals surface area (Å²) in [7, 11) is 0.221. The van der Waals surface area contributed by atoms with E-state index in [0.717, 1.165) is 16.7 Å². The number of nitrogens with zero attached hydrogens (tertiary/aromatic N) is 2. The van der Waals surface area contributed by atoms with Crippen molar-refractivity contribution in [2.45, 2.75) is 19.5 Å². The van der Waals surface area contributed by atoms with E-state index in [9.17, 15) is 9.36 Å². The van der Waals surface area contributed by atoms with Gasteiger partial charge in [-0.05, 0) is 30.8 Å². The first-order valence-electron chi connectivity index (χ1n) is 9.93. The van der Waals surface area contributed by atoms with E-state index in [2.05, 4.69) is 5.09 Å². The first kappa shape index (κ1) is 22.0. The Morgan fingerprint density at radius 1 is 0.700 bits per heavy atom. The highest BCUT2D eigenvalue weighted by Crippen LogP contribution is 2.48. The van der Waals surface area contributed by atoms with E-state index in [1.807, 2.05) is 91.0 Å². The molecule has 0 aliphatic carbocycles. The molecule has 0 aromatic heterocycles. The molecule has 3 aromatic rings. The van der Waals surface area contributed by atoms with Crippen molar-refractivity contribution in [3.63, 3.8) is 0 Å².